The maximum Gasteiger partial charge on any atom is 0.246 e. The van der Waals surface area contributed by atoms with Gasteiger partial charge in [0.15, 0.2) is 0 Å². The monoisotopic (exact) mass is 171 g/mol. The van der Waals surface area contributed by atoms with Gasteiger partial charge in [-0.3, -0.25) is 4.79 Å². The maximum absolute atomic E-state index is 11.2. The van der Waals surface area contributed by atoms with E-state index in [0.717, 1.165) is 11.1 Å². The van der Waals surface area contributed by atoms with Crippen molar-refractivity contribution in [1.29, 1.82) is 0 Å². The van der Waals surface area contributed by atoms with Gasteiger partial charge in [-0.1, -0.05) is 5.57 Å². The van der Waals surface area contributed by atoms with Crippen molar-refractivity contribution >= 4 is 5.91 Å². The molecule has 0 aromatic heterocycles. The van der Waals surface area contributed by atoms with Crippen LogP contribution >= 0.6 is 0 Å². The molecule has 0 aliphatic carbocycles. The van der Waals surface area contributed by atoms with Crippen LogP contribution in [0.3, 0.4) is 0 Å². The second-order valence-electron chi connectivity index (χ2n) is 3.18. The van der Waals surface area contributed by atoms with Gasteiger partial charge in [0.1, 0.15) is 0 Å². The zero-order chi connectivity index (χ0) is 9.72. The van der Waals surface area contributed by atoms with Gasteiger partial charge < -0.3 is 10.4 Å². The standard InChI is InChI=1S/C9H17NO2/c1-6(2)8(4)9(12)10-5-7(3)11/h7,11H,5H2,1-4H3,(H,10,12). The topological polar surface area (TPSA) is 49.3 Å². The predicted molar refractivity (Wildman–Crippen MR) is 48.7 cm³/mol. The van der Waals surface area contributed by atoms with Gasteiger partial charge in [-0.05, 0) is 27.7 Å². The molecule has 0 aliphatic heterocycles. The summed E-state index contributed by atoms with van der Waals surface area (Å²) in [5.74, 6) is -0.101. The maximum atomic E-state index is 11.2. The van der Waals surface area contributed by atoms with Crippen LogP contribution in [0.15, 0.2) is 11.1 Å². The average molecular weight is 171 g/mol. The summed E-state index contributed by atoms with van der Waals surface area (Å²) in [6.45, 7) is 7.49. The minimum absolute atomic E-state index is 0.101. The molecule has 1 atom stereocenters. The average Bonchev–Trinajstić information content (AvgIpc) is 1.98. The summed E-state index contributed by atoms with van der Waals surface area (Å²) >= 11 is 0. The number of hydrogen-bond acceptors (Lipinski definition) is 2. The number of allylic oxidation sites excluding steroid dienone is 1. The van der Waals surface area contributed by atoms with Crippen LogP contribution in [0.2, 0.25) is 0 Å². The third kappa shape index (κ3) is 4.13. The molecule has 1 unspecified atom stereocenters. The first-order valence-corrected chi connectivity index (χ1v) is 4.05. The van der Waals surface area contributed by atoms with Gasteiger partial charge in [0.05, 0.1) is 6.10 Å². The van der Waals surface area contributed by atoms with E-state index in [9.17, 15) is 4.79 Å². The smallest absolute Gasteiger partial charge is 0.246 e. The summed E-state index contributed by atoms with van der Waals surface area (Å²) in [5, 5.41) is 11.5. The number of nitrogens with one attached hydrogen (secondary N) is 1. The van der Waals surface area contributed by atoms with Gasteiger partial charge >= 0.3 is 0 Å². The molecule has 3 nitrogen and oxygen atoms in total. The number of amides is 1. The molecule has 1 amide bonds. The highest BCUT2D eigenvalue weighted by Crippen LogP contribution is 2.00. The highest BCUT2D eigenvalue weighted by molar-refractivity contribution is 5.93. The van der Waals surface area contributed by atoms with Crippen molar-refractivity contribution in [3.8, 4) is 0 Å². The summed E-state index contributed by atoms with van der Waals surface area (Å²) in [6, 6.07) is 0. The predicted octanol–water partition coefficient (Wildman–Crippen LogP) is 0.840. The van der Waals surface area contributed by atoms with Gasteiger partial charge in [0.2, 0.25) is 5.91 Å². The Morgan fingerprint density at radius 1 is 1.42 bits per heavy atom. The molecule has 2 N–H and O–H groups in total. The van der Waals surface area contributed by atoms with Crippen LogP contribution in [-0.2, 0) is 4.79 Å². The Labute approximate surface area is 73.5 Å². The van der Waals surface area contributed by atoms with Crippen molar-refractivity contribution in [1.82, 2.24) is 5.32 Å². The Morgan fingerprint density at radius 3 is 2.25 bits per heavy atom. The van der Waals surface area contributed by atoms with E-state index in [0.29, 0.717) is 6.54 Å². The van der Waals surface area contributed by atoms with Gasteiger partial charge in [-0.25, -0.2) is 0 Å². The molecule has 0 fully saturated rings. The lowest BCUT2D eigenvalue weighted by Gasteiger charge is -2.07. The van der Waals surface area contributed by atoms with Gasteiger partial charge in [0, 0.05) is 12.1 Å². The number of rotatable bonds is 3. The number of carbonyl (C=O) groups is 1. The zero-order valence-corrected chi connectivity index (χ0v) is 8.14. The molecule has 0 spiro atoms. The van der Waals surface area contributed by atoms with E-state index < -0.39 is 6.10 Å². The summed E-state index contributed by atoms with van der Waals surface area (Å²) in [7, 11) is 0. The summed E-state index contributed by atoms with van der Waals surface area (Å²) in [5.41, 5.74) is 1.72. The van der Waals surface area contributed by atoms with Crippen molar-refractivity contribution in [2.24, 2.45) is 0 Å². The Bertz CT molecular complexity index is 191. The number of carbonyl (C=O) groups excluding carboxylic acids is 1. The number of hydrogen-bond donors (Lipinski definition) is 2. The SMILES string of the molecule is CC(C)=C(C)C(=O)NCC(C)O. The van der Waals surface area contributed by atoms with Gasteiger partial charge in [0.25, 0.3) is 0 Å². The Morgan fingerprint density at radius 2 is 1.92 bits per heavy atom. The lowest BCUT2D eigenvalue weighted by Crippen LogP contribution is -2.31. The van der Waals surface area contributed by atoms with Crippen molar-refractivity contribution in [2.45, 2.75) is 33.8 Å². The van der Waals surface area contributed by atoms with E-state index in [-0.39, 0.29) is 5.91 Å². The van der Waals surface area contributed by atoms with Crippen LogP contribution in [0.5, 0.6) is 0 Å². The first-order chi connectivity index (χ1) is 5.45. The summed E-state index contributed by atoms with van der Waals surface area (Å²) in [6.07, 6.45) is -0.487. The van der Waals surface area contributed by atoms with Crippen LogP contribution < -0.4 is 5.32 Å². The molecule has 0 aliphatic rings. The van der Waals surface area contributed by atoms with Crippen LogP contribution in [-0.4, -0.2) is 23.7 Å². The van der Waals surface area contributed by atoms with E-state index in [2.05, 4.69) is 5.32 Å². The summed E-state index contributed by atoms with van der Waals surface area (Å²) < 4.78 is 0. The second kappa shape index (κ2) is 4.93. The Hall–Kier alpha value is -0.830. The van der Waals surface area contributed by atoms with E-state index in [1.54, 1.807) is 13.8 Å². The van der Waals surface area contributed by atoms with Gasteiger partial charge in [-0.2, -0.15) is 0 Å². The molecule has 0 aromatic rings. The minimum atomic E-state index is -0.487. The number of aliphatic hydroxyl groups is 1. The molecule has 3 heteroatoms. The first kappa shape index (κ1) is 11.2. The van der Waals surface area contributed by atoms with E-state index >= 15 is 0 Å². The third-order valence-corrected chi connectivity index (χ3v) is 1.65. The molecule has 0 saturated carbocycles. The minimum Gasteiger partial charge on any atom is -0.392 e. The van der Waals surface area contributed by atoms with Crippen molar-refractivity contribution in [2.75, 3.05) is 6.54 Å². The fraction of sp³-hybridized carbons (Fsp3) is 0.667. The highest BCUT2D eigenvalue weighted by atomic mass is 16.3. The van der Waals surface area contributed by atoms with E-state index in [4.69, 9.17) is 5.11 Å². The van der Waals surface area contributed by atoms with Crippen molar-refractivity contribution in [3.63, 3.8) is 0 Å². The van der Waals surface area contributed by atoms with Crippen LogP contribution in [0.1, 0.15) is 27.7 Å². The van der Waals surface area contributed by atoms with Crippen LogP contribution in [0.25, 0.3) is 0 Å². The van der Waals surface area contributed by atoms with Crippen molar-refractivity contribution < 1.29 is 9.90 Å². The molecule has 70 valence electrons. The summed E-state index contributed by atoms with van der Waals surface area (Å²) in [4.78, 5) is 11.2. The second-order valence-corrected chi connectivity index (χ2v) is 3.18. The zero-order valence-electron chi connectivity index (χ0n) is 8.14. The first-order valence-electron chi connectivity index (χ1n) is 4.05. The third-order valence-electron chi connectivity index (χ3n) is 1.65. The van der Waals surface area contributed by atoms with E-state index in [1.165, 1.54) is 0 Å². The fourth-order valence-electron chi connectivity index (χ4n) is 0.600. The Kier molecular flexibility index (Phi) is 4.59. The largest absolute Gasteiger partial charge is 0.392 e. The molecule has 0 heterocycles. The molecule has 0 aromatic carbocycles. The molecule has 0 bridgehead atoms. The van der Waals surface area contributed by atoms with Crippen molar-refractivity contribution in [3.05, 3.63) is 11.1 Å². The molecular formula is C9H17NO2. The highest BCUT2D eigenvalue weighted by Gasteiger charge is 2.05. The normalized spacial score (nSPS) is 12.1. The lowest BCUT2D eigenvalue weighted by atomic mass is 10.1. The van der Waals surface area contributed by atoms with Crippen LogP contribution in [0, 0.1) is 0 Å². The lowest BCUT2D eigenvalue weighted by molar-refractivity contribution is -0.117. The quantitative estimate of drug-likeness (QED) is 0.618. The fourth-order valence-corrected chi connectivity index (χ4v) is 0.600. The van der Waals surface area contributed by atoms with Gasteiger partial charge in [-0.15, -0.1) is 0 Å². The molecular weight excluding hydrogens is 154 g/mol. The molecule has 0 saturated heterocycles. The molecule has 0 radical (unpaired) electrons. The molecule has 0 rings (SSSR count). The number of aliphatic hydroxyl groups excluding tert-OH is 1. The van der Waals surface area contributed by atoms with E-state index in [1.807, 2.05) is 13.8 Å². The Balaban J connectivity index is 3.98. The molecule has 12 heavy (non-hydrogen) atoms. The van der Waals surface area contributed by atoms with Crippen LogP contribution in [0.4, 0.5) is 0 Å².